The number of hydrogen-bond donors (Lipinski definition) is 8. The summed E-state index contributed by atoms with van der Waals surface area (Å²) >= 11 is 0. The number of phenolic OH excluding ortho intramolecular Hbond substituents is 1. The van der Waals surface area contributed by atoms with Gasteiger partial charge in [-0.3, -0.25) is 19.2 Å². The normalized spacial score (nSPS) is 21.5. The van der Waals surface area contributed by atoms with E-state index >= 15 is 0 Å². The highest BCUT2D eigenvalue weighted by Gasteiger charge is 2.49. The lowest BCUT2D eigenvalue weighted by atomic mass is 9.77. The highest BCUT2D eigenvalue weighted by molar-refractivity contribution is 6.31. The van der Waals surface area contributed by atoms with Gasteiger partial charge in [-0.25, -0.2) is 0 Å². The number of carbonyl (C=O) groups is 4. The molecule has 1 heterocycles. The van der Waals surface area contributed by atoms with E-state index in [0.29, 0.717) is 36.7 Å². The van der Waals surface area contributed by atoms with Gasteiger partial charge in [-0.15, -0.1) is 0 Å². The number of aliphatic hydroxyl groups excluding tert-OH is 5. The molecule has 0 radical (unpaired) electrons. The molecule has 15 nitrogen and oxygen atoms in total. The molecule has 1 saturated heterocycles. The fraction of sp³-hybridized carbons (Fsp3) is 0.348. The minimum atomic E-state index is -1.81. The predicted octanol–water partition coefficient (Wildman–Crippen LogP) is 2.99. The Hall–Kier alpha value is -5.62. The van der Waals surface area contributed by atoms with Crippen LogP contribution in [0.4, 0.5) is 0 Å². The van der Waals surface area contributed by atoms with Crippen LogP contribution in [0.15, 0.2) is 54.6 Å². The SMILES string of the molecule is CC(=O)Oc1cc(CO)c2c(c1C=Cc1cccc(CCO)c1)C(=O)c1cc(OC3OC(C4CCCC4)C(O)C(O)C3O)c(Cc3cccc(C(N)N)c3C=O)c(O)c1C2=O. The highest BCUT2D eigenvalue weighted by Crippen LogP contribution is 2.46. The Labute approximate surface area is 350 Å². The van der Waals surface area contributed by atoms with Gasteiger partial charge in [-0.2, -0.15) is 0 Å². The van der Waals surface area contributed by atoms with Gasteiger partial charge in [0.1, 0.15) is 35.6 Å². The lowest BCUT2D eigenvalue weighted by Crippen LogP contribution is -2.60. The van der Waals surface area contributed by atoms with Gasteiger partial charge in [0.2, 0.25) is 6.29 Å². The lowest BCUT2D eigenvalue weighted by molar-refractivity contribution is -0.282. The maximum Gasteiger partial charge on any atom is 0.308 e. The molecule has 4 aromatic carbocycles. The number of benzene rings is 4. The van der Waals surface area contributed by atoms with Crippen molar-refractivity contribution in [1.29, 1.82) is 0 Å². The van der Waals surface area contributed by atoms with Crippen LogP contribution in [0.1, 0.15) is 120 Å². The van der Waals surface area contributed by atoms with Gasteiger partial charge in [0.15, 0.2) is 17.9 Å². The molecule has 61 heavy (non-hydrogen) atoms. The standard InChI is InChI=1S/C46H48N2O13/c1-22(52)59-33-18-27(20-50)35-36(29(33)13-12-23-6-4-7-24(16-23)14-15-49)39(54)31-19-34(60-46-43(58)41(56)42(57)44(61-46)25-8-2-3-9-25)30(38(53)37(31)40(35)55)17-26-10-5-11-28(45(47)48)32(26)21-51/h4-7,10-13,16,18-19,21,25,41-46,49-50,53,56-58H,2-3,8-9,14-15,17,20,47-48H2,1H3. The van der Waals surface area contributed by atoms with E-state index < -0.39 is 72.3 Å². The molecule has 10 N–H and O–H groups in total. The van der Waals surface area contributed by atoms with E-state index in [0.717, 1.165) is 25.3 Å². The van der Waals surface area contributed by atoms with Crippen molar-refractivity contribution in [3.8, 4) is 17.2 Å². The van der Waals surface area contributed by atoms with E-state index in [1.54, 1.807) is 42.5 Å². The fourth-order valence-corrected chi connectivity index (χ4v) is 8.73. The van der Waals surface area contributed by atoms with Crippen molar-refractivity contribution < 1.29 is 64.0 Å². The Morgan fingerprint density at radius 3 is 2.28 bits per heavy atom. The zero-order valence-electron chi connectivity index (χ0n) is 33.3. The number of aromatic hydroxyl groups is 1. The van der Waals surface area contributed by atoms with Gasteiger partial charge < -0.3 is 56.3 Å². The molecule has 7 rings (SSSR count). The summed E-state index contributed by atoms with van der Waals surface area (Å²) in [6.45, 7) is 0.296. The minimum Gasteiger partial charge on any atom is -0.507 e. The summed E-state index contributed by atoms with van der Waals surface area (Å²) in [7, 11) is 0. The Bertz CT molecular complexity index is 2400. The molecule has 0 bridgehead atoms. The van der Waals surface area contributed by atoms with Crippen LogP contribution in [-0.4, -0.2) is 91.8 Å². The van der Waals surface area contributed by atoms with Crippen LogP contribution in [0.3, 0.4) is 0 Å². The molecule has 2 fully saturated rings. The Kier molecular flexibility index (Phi) is 12.9. The first kappa shape index (κ1) is 43.5. The average Bonchev–Trinajstić information content (AvgIpc) is 3.78. The summed E-state index contributed by atoms with van der Waals surface area (Å²) in [6.07, 6.45) is -1.73. The number of ketones is 2. The van der Waals surface area contributed by atoms with E-state index in [-0.39, 0.29) is 75.0 Å². The van der Waals surface area contributed by atoms with Gasteiger partial charge in [0, 0.05) is 53.3 Å². The van der Waals surface area contributed by atoms with E-state index in [4.69, 9.17) is 25.7 Å². The van der Waals surface area contributed by atoms with Crippen LogP contribution in [-0.2, 0) is 29.0 Å². The van der Waals surface area contributed by atoms with Crippen LogP contribution >= 0.6 is 0 Å². The Morgan fingerprint density at radius 1 is 0.869 bits per heavy atom. The molecule has 320 valence electrons. The second-order valence-electron chi connectivity index (χ2n) is 15.6. The molecule has 5 unspecified atom stereocenters. The maximum absolute atomic E-state index is 15.0. The highest BCUT2D eigenvalue weighted by atomic mass is 16.7. The third-order valence-electron chi connectivity index (χ3n) is 11.7. The summed E-state index contributed by atoms with van der Waals surface area (Å²) < 4.78 is 18.0. The van der Waals surface area contributed by atoms with Crippen molar-refractivity contribution in [3.05, 3.63) is 121 Å². The molecule has 0 amide bonds. The Balaban J connectivity index is 1.42. The van der Waals surface area contributed by atoms with Crippen LogP contribution in [0, 0.1) is 5.92 Å². The number of carbonyl (C=O) groups excluding carboxylic acids is 4. The number of phenols is 1. The molecule has 2 aliphatic carbocycles. The Morgan fingerprint density at radius 2 is 1.61 bits per heavy atom. The average molecular weight is 837 g/mol. The number of hydrogen-bond acceptors (Lipinski definition) is 15. The first-order valence-electron chi connectivity index (χ1n) is 20.1. The predicted molar refractivity (Wildman–Crippen MR) is 220 cm³/mol. The molecule has 0 aromatic heterocycles. The van der Waals surface area contributed by atoms with Gasteiger partial charge >= 0.3 is 5.97 Å². The summed E-state index contributed by atoms with van der Waals surface area (Å²) in [5.74, 6) is -3.74. The smallest absolute Gasteiger partial charge is 0.308 e. The maximum atomic E-state index is 15.0. The molecule has 3 aliphatic rings. The number of fused-ring (bicyclic) bond motifs is 2. The van der Waals surface area contributed by atoms with Gasteiger partial charge in [0.25, 0.3) is 0 Å². The molecular weight excluding hydrogens is 789 g/mol. The molecular formula is C46H48N2O13. The van der Waals surface area contributed by atoms with Crippen LogP contribution in [0.2, 0.25) is 0 Å². The van der Waals surface area contributed by atoms with Crippen molar-refractivity contribution in [2.45, 2.75) is 88.9 Å². The molecule has 1 saturated carbocycles. The van der Waals surface area contributed by atoms with Crippen molar-refractivity contribution in [1.82, 2.24) is 0 Å². The lowest BCUT2D eigenvalue weighted by Gasteiger charge is -2.42. The molecule has 4 aromatic rings. The van der Waals surface area contributed by atoms with Crippen molar-refractivity contribution in [2.75, 3.05) is 6.61 Å². The first-order valence-corrected chi connectivity index (χ1v) is 20.1. The first-order chi connectivity index (χ1) is 29.3. The zero-order chi connectivity index (χ0) is 43.7. The number of aldehydes is 1. The van der Waals surface area contributed by atoms with E-state index in [9.17, 15) is 49.8 Å². The summed E-state index contributed by atoms with van der Waals surface area (Å²) in [5.41, 5.74) is 12.6. The van der Waals surface area contributed by atoms with E-state index in [2.05, 4.69) is 0 Å². The number of ether oxygens (including phenoxy) is 3. The van der Waals surface area contributed by atoms with Crippen molar-refractivity contribution >= 4 is 36.0 Å². The molecule has 5 atom stereocenters. The number of esters is 1. The quantitative estimate of drug-likeness (QED) is 0.0279. The number of nitrogens with two attached hydrogens (primary N) is 2. The molecule has 15 heteroatoms. The number of aliphatic hydroxyl groups is 5. The number of rotatable bonds is 13. The van der Waals surface area contributed by atoms with Crippen LogP contribution in [0.5, 0.6) is 17.2 Å². The van der Waals surface area contributed by atoms with Crippen molar-refractivity contribution in [3.63, 3.8) is 0 Å². The largest absolute Gasteiger partial charge is 0.507 e. The second-order valence-corrected chi connectivity index (χ2v) is 15.6. The molecule has 1 aliphatic heterocycles. The van der Waals surface area contributed by atoms with Gasteiger partial charge in [0.05, 0.1) is 24.4 Å². The summed E-state index contributed by atoms with van der Waals surface area (Å²) in [5, 5.41) is 65.5. The van der Waals surface area contributed by atoms with Crippen LogP contribution in [0.25, 0.3) is 12.2 Å². The topological polar surface area (TPSA) is 269 Å². The van der Waals surface area contributed by atoms with Crippen molar-refractivity contribution in [2.24, 2.45) is 17.4 Å². The minimum absolute atomic E-state index is 0.0121. The summed E-state index contributed by atoms with van der Waals surface area (Å²) in [4.78, 5) is 54.6. The van der Waals surface area contributed by atoms with E-state index in [1.165, 1.54) is 18.2 Å². The fourth-order valence-electron chi connectivity index (χ4n) is 8.73. The monoisotopic (exact) mass is 836 g/mol. The zero-order valence-corrected chi connectivity index (χ0v) is 33.3. The summed E-state index contributed by atoms with van der Waals surface area (Å²) in [6, 6.07) is 14.4. The van der Waals surface area contributed by atoms with Gasteiger partial charge in [-0.05, 0) is 71.2 Å². The van der Waals surface area contributed by atoms with Crippen LogP contribution < -0.4 is 20.9 Å². The van der Waals surface area contributed by atoms with E-state index in [1.807, 2.05) is 6.07 Å². The molecule has 0 spiro atoms. The second kappa shape index (κ2) is 18.2. The third-order valence-corrected chi connectivity index (χ3v) is 11.7. The van der Waals surface area contributed by atoms with Gasteiger partial charge in [-0.1, -0.05) is 61.4 Å². The third kappa shape index (κ3) is 8.39.